The van der Waals surface area contributed by atoms with Crippen LogP contribution in [-0.2, 0) is 16.0 Å². The van der Waals surface area contributed by atoms with Crippen molar-refractivity contribution in [1.29, 1.82) is 0 Å². The second kappa shape index (κ2) is 8.66. The van der Waals surface area contributed by atoms with E-state index in [4.69, 9.17) is 0 Å². The summed E-state index contributed by atoms with van der Waals surface area (Å²) in [6.45, 7) is 5.09. The van der Waals surface area contributed by atoms with Crippen molar-refractivity contribution in [2.75, 3.05) is 0 Å². The fourth-order valence-corrected chi connectivity index (χ4v) is 8.53. The van der Waals surface area contributed by atoms with Crippen molar-refractivity contribution in [3.63, 3.8) is 0 Å². The zero-order chi connectivity index (χ0) is 28.7. The number of aliphatic hydroxyl groups excluding tert-OH is 1. The molecule has 8 atom stereocenters. The van der Waals surface area contributed by atoms with Gasteiger partial charge in [0.25, 0.3) is 0 Å². The van der Waals surface area contributed by atoms with Crippen molar-refractivity contribution < 1.29 is 44.0 Å². The Morgan fingerprint density at radius 3 is 2.44 bits per heavy atom. The highest BCUT2D eigenvalue weighted by Crippen LogP contribution is 2.70. The minimum atomic E-state index is -2.11. The summed E-state index contributed by atoms with van der Waals surface area (Å²) in [6, 6.07) is 3.39. The van der Waals surface area contributed by atoms with Gasteiger partial charge in [-0.15, -0.1) is 0 Å². The van der Waals surface area contributed by atoms with Gasteiger partial charge in [-0.3, -0.25) is 9.59 Å². The summed E-state index contributed by atoms with van der Waals surface area (Å²) in [4.78, 5) is 49.3. The van der Waals surface area contributed by atoms with E-state index in [1.807, 2.05) is 0 Å². The highest BCUT2D eigenvalue weighted by molar-refractivity contribution is 6.01. The number of carbonyl (C=O) groups excluding carboxylic acids is 2. The second-order valence-corrected chi connectivity index (χ2v) is 12.3. The van der Waals surface area contributed by atoms with E-state index in [1.54, 1.807) is 26.8 Å². The zero-order valence-corrected chi connectivity index (χ0v) is 22.1. The third-order valence-corrected chi connectivity index (χ3v) is 10.6. The lowest BCUT2D eigenvalue weighted by Gasteiger charge is -2.62. The molecular formula is C30H33FO8. The van der Waals surface area contributed by atoms with Gasteiger partial charge in [0.2, 0.25) is 0 Å². The molecule has 4 aliphatic carbocycles. The Balaban J connectivity index is 1.54. The van der Waals surface area contributed by atoms with Gasteiger partial charge in [-0.25, -0.2) is 14.0 Å². The number of carboxylic acid groups (broad SMARTS) is 2. The number of hydrogen-bond acceptors (Lipinski definition) is 6. The van der Waals surface area contributed by atoms with Crippen LogP contribution in [0.5, 0.6) is 0 Å². The Hall–Kier alpha value is -3.17. The van der Waals surface area contributed by atoms with Gasteiger partial charge in [-0.1, -0.05) is 25.5 Å². The number of Topliss-reactive ketones (excluding diaryl/α,β-unsaturated/α-hetero) is 1. The summed E-state index contributed by atoms with van der Waals surface area (Å²) >= 11 is 0. The molecule has 0 aromatic heterocycles. The quantitative estimate of drug-likeness (QED) is 0.443. The van der Waals surface area contributed by atoms with E-state index in [0.29, 0.717) is 24.8 Å². The molecule has 39 heavy (non-hydrogen) atoms. The van der Waals surface area contributed by atoms with Crippen LogP contribution in [-0.4, -0.2) is 61.3 Å². The molecule has 0 radical (unpaired) electrons. The molecule has 0 spiro atoms. The largest absolute Gasteiger partial charge is 0.478 e. The van der Waals surface area contributed by atoms with Gasteiger partial charge >= 0.3 is 11.9 Å². The van der Waals surface area contributed by atoms with Gasteiger partial charge in [-0.2, -0.15) is 0 Å². The first-order valence-electron chi connectivity index (χ1n) is 13.3. The van der Waals surface area contributed by atoms with Gasteiger partial charge in [0.1, 0.15) is 5.60 Å². The summed E-state index contributed by atoms with van der Waals surface area (Å²) in [5.74, 6) is -5.31. The average molecular weight is 541 g/mol. The fraction of sp³-hybridized carbons (Fsp3) is 0.533. The molecule has 1 aromatic carbocycles. The number of alkyl halides is 1. The number of fused-ring (bicyclic) bond motifs is 5. The Kier molecular flexibility index (Phi) is 6.09. The van der Waals surface area contributed by atoms with Gasteiger partial charge < -0.3 is 20.4 Å². The number of halogens is 1. The van der Waals surface area contributed by atoms with Crippen LogP contribution in [0.2, 0.25) is 0 Å². The summed E-state index contributed by atoms with van der Waals surface area (Å²) < 4.78 is 17.3. The number of benzene rings is 1. The van der Waals surface area contributed by atoms with Crippen molar-refractivity contribution in [3.05, 3.63) is 58.7 Å². The van der Waals surface area contributed by atoms with E-state index in [-0.39, 0.29) is 28.9 Å². The molecule has 0 saturated heterocycles. The molecule has 4 aliphatic rings. The third kappa shape index (κ3) is 3.48. The van der Waals surface area contributed by atoms with Gasteiger partial charge in [0, 0.05) is 23.2 Å². The van der Waals surface area contributed by atoms with Crippen molar-refractivity contribution in [1.82, 2.24) is 0 Å². The first kappa shape index (κ1) is 27.4. The first-order valence-corrected chi connectivity index (χ1v) is 13.3. The van der Waals surface area contributed by atoms with E-state index in [1.165, 1.54) is 12.2 Å². The van der Waals surface area contributed by atoms with Crippen LogP contribution in [0.1, 0.15) is 72.7 Å². The standard InChI is InChI=1S/C30H33FO8/c1-15-10-22-21-7-5-18-13-19(32)8-9-27(18,2)29(21,31)24(34)14-28(22,3)30(15,39)23(33)12-17-11-16(25(35)36)4-6-20(17)26(37)38/h4,6,8-9,11,13,15,21-22,24,34,39H,5,7,10,12,14H2,1-3H3,(H,35,36)(H,37,38)/t15-,21+,22+,24+,27+,28+,29+,30+/m1/s1. The maximum atomic E-state index is 17.3. The highest BCUT2D eigenvalue weighted by Gasteiger charge is 2.75. The lowest BCUT2D eigenvalue weighted by atomic mass is 9.44. The molecule has 3 saturated carbocycles. The summed E-state index contributed by atoms with van der Waals surface area (Å²) in [5.41, 5.74) is -6.37. The number of carboxylic acids is 2. The van der Waals surface area contributed by atoms with Crippen LogP contribution in [0.15, 0.2) is 42.0 Å². The summed E-state index contributed by atoms with van der Waals surface area (Å²) in [7, 11) is 0. The van der Waals surface area contributed by atoms with Crippen LogP contribution in [0.4, 0.5) is 4.39 Å². The fourth-order valence-electron chi connectivity index (χ4n) is 8.53. The zero-order valence-electron chi connectivity index (χ0n) is 22.1. The van der Waals surface area contributed by atoms with E-state index >= 15 is 4.39 Å². The molecule has 208 valence electrons. The monoisotopic (exact) mass is 540 g/mol. The van der Waals surface area contributed by atoms with E-state index in [0.717, 1.165) is 18.2 Å². The Bertz CT molecular complexity index is 1360. The Labute approximate surface area is 225 Å². The number of hydrogen-bond donors (Lipinski definition) is 4. The Morgan fingerprint density at radius 2 is 1.79 bits per heavy atom. The molecular weight excluding hydrogens is 507 g/mol. The lowest BCUT2D eigenvalue weighted by Crippen LogP contribution is -2.69. The van der Waals surface area contributed by atoms with E-state index in [2.05, 4.69) is 0 Å². The van der Waals surface area contributed by atoms with Crippen LogP contribution < -0.4 is 0 Å². The molecule has 3 fully saturated rings. The SMILES string of the molecule is C[C@@H]1C[C@H]2[C@@H]3CCC4=CC(=O)C=C[C@]4(C)[C@@]3(F)[C@@H](O)C[C@]2(C)[C@@]1(O)C(=O)Cc1cc(C(=O)O)ccc1C(=O)O. The van der Waals surface area contributed by atoms with Crippen molar-refractivity contribution in [2.45, 2.75) is 70.2 Å². The number of carbonyl (C=O) groups is 4. The minimum Gasteiger partial charge on any atom is -0.478 e. The molecule has 5 rings (SSSR count). The molecule has 0 amide bonds. The maximum Gasteiger partial charge on any atom is 0.335 e. The maximum absolute atomic E-state index is 17.3. The molecule has 1 aromatic rings. The lowest BCUT2D eigenvalue weighted by molar-refractivity contribution is -0.218. The summed E-state index contributed by atoms with van der Waals surface area (Å²) in [5, 5.41) is 42.6. The minimum absolute atomic E-state index is 0.0340. The molecule has 0 bridgehead atoms. The number of aliphatic hydroxyl groups is 2. The number of rotatable bonds is 5. The van der Waals surface area contributed by atoms with Crippen molar-refractivity contribution in [3.8, 4) is 0 Å². The number of ketones is 2. The van der Waals surface area contributed by atoms with Gasteiger partial charge in [-0.05, 0) is 80.4 Å². The Morgan fingerprint density at radius 1 is 1.10 bits per heavy atom. The first-order chi connectivity index (χ1) is 18.1. The normalized spacial score (nSPS) is 40.8. The number of allylic oxidation sites excluding steroid dienone is 4. The predicted octanol–water partition coefficient (Wildman–Crippen LogP) is 3.54. The molecule has 0 heterocycles. The summed E-state index contributed by atoms with van der Waals surface area (Å²) in [6.07, 6.45) is 3.17. The molecule has 8 nitrogen and oxygen atoms in total. The van der Waals surface area contributed by atoms with Crippen molar-refractivity contribution >= 4 is 23.5 Å². The average Bonchev–Trinajstić information content (AvgIpc) is 3.06. The smallest absolute Gasteiger partial charge is 0.335 e. The van der Waals surface area contributed by atoms with Gasteiger partial charge in [0.15, 0.2) is 17.2 Å². The van der Waals surface area contributed by atoms with Crippen LogP contribution in [0, 0.1) is 28.6 Å². The third-order valence-electron chi connectivity index (χ3n) is 10.6. The van der Waals surface area contributed by atoms with E-state index < -0.39 is 70.1 Å². The second-order valence-electron chi connectivity index (χ2n) is 12.3. The topological polar surface area (TPSA) is 149 Å². The number of aromatic carboxylic acids is 2. The molecule has 9 heteroatoms. The van der Waals surface area contributed by atoms with Crippen LogP contribution >= 0.6 is 0 Å². The molecule has 0 aliphatic heterocycles. The van der Waals surface area contributed by atoms with Crippen LogP contribution in [0.25, 0.3) is 0 Å². The van der Waals surface area contributed by atoms with E-state index in [9.17, 15) is 39.6 Å². The van der Waals surface area contributed by atoms with Crippen molar-refractivity contribution in [2.24, 2.45) is 28.6 Å². The van der Waals surface area contributed by atoms with Gasteiger partial charge in [0.05, 0.1) is 17.2 Å². The molecule has 4 N–H and O–H groups in total. The molecule has 0 unspecified atom stereocenters. The highest BCUT2D eigenvalue weighted by atomic mass is 19.1. The van der Waals surface area contributed by atoms with Crippen LogP contribution in [0.3, 0.4) is 0 Å². The predicted molar refractivity (Wildman–Crippen MR) is 137 cm³/mol.